The van der Waals surface area contributed by atoms with Crippen LogP contribution in [0.4, 0.5) is 4.79 Å². The van der Waals surface area contributed by atoms with Crippen molar-refractivity contribution in [1.29, 1.82) is 5.26 Å². The molecule has 0 saturated carbocycles. The van der Waals surface area contributed by atoms with Crippen LogP contribution >= 0.6 is 0 Å². The molecule has 1 heterocycles. The Balaban J connectivity index is 0. The Morgan fingerprint density at radius 2 is 0.857 bits per heavy atom. The molecular weight excluding hydrogens is 907 g/mol. The lowest BCUT2D eigenvalue weighted by atomic mass is 10.2. The Hall–Kier alpha value is -6.46. The summed E-state index contributed by atoms with van der Waals surface area (Å²) in [6, 6.07) is -0.512. The maximum Gasteiger partial charge on any atom is 0.336 e. The number of nitrogens with one attached hydrogen (secondary N) is 1. The molecule has 1 rings (SSSR count). The number of hydrogen-bond donors (Lipinski definition) is 1. The number of aromatic nitrogens is 3. The SMILES string of the molecule is CCCCCC.N#COCCCCCCn1c(=O)n(CCCCCCN=C=O)c(=O)n(CCCCCCN=C=O)c1=O.O=C=NCCCCCCNC(=O)N(CCCCCCN=C=O)C(=O)CN=C=O. The predicted molar refractivity (Wildman–Crippen MR) is 263 cm³/mol. The molecule has 1 aromatic heterocycles. The van der Waals surface area contributed by atoms with Gasteiger partial charge in [0.25, 0.3) is 12.2 Å². The van der Waals surface area contributed by atoms with Crippen molar-refractivity contribution in [2.45, 2.75) is 188 Å². The van der Waals surface area contributed by atoms with Gasteiger partial charge in [-0.25, -0.2) is 76.8 Å². The molecule has 22 heteroatoms. The minimum Gasteiger partial charge on any atom is -0.428 e. The molecule has 0 aromatic carbocycles. The van der Waals surface area contributed by atoms with Crippen LogP contribution in [0.15, 0.2) is 39.3 Å². The Kier molecular flexibility index (Phi) is 47.3. The van der Waals surface area contributed by atoms with Gasteiger partial charge in [0.1, 0.15) is 13.2 Å². The third-order valence-corrected chi connectivity index (χ3v) is 10.5. The first kappa shape index (κ1) is 65.6. The number of urea groups is 1. The third kappa shape index (κ3) is 36.6. The van der Waals surface area contributed by atoms with Gasteiger partial charge in [-0.1, -0.05) is 97.3 Å². The molecule has 0 aliphatic heterocycles. The van der Waals surface area contributed by atoms with E-state index < -0.39 is 35.6 Å². The summed E-state index contributed by atoms with van der Waals surface area (Å²) >= 11 is 0. The monoisotopic (exact) mass is 984 g/mol. The summed E-state index contributed by atoms with van der Waals surface area (Å²) in [7, 11) is 0. The van der Waals surface area contributed by atoms with Crippen LogP contribution in [0.3, 0.4) is 0 Å². The number of unbranched alkanes of at least 4 members (excludes halogenated alkanes) is 18. The normalized spacial score (nSPS) is 9.84. The van der Waals surface area contributed by atoms with Crippen molar-refractivity contribution in [3.8, 4) is 6.26 Å². The van der Waals surface area contributed by atoms with Gasteiger partial charge in [-0.15, -0.1) is 0 Å². The first-order valence-electron chi connectivity index (χ1n) is 24.9. The van der Waals surface area contributed by atoms with E-state index in [1.54, 1.807) is 6.26 Å². The molecular formula is C48H77N11O11. The predicted octanol–water partition coefficient (Wildman–Crippen LogP) is 6.26. The van der Waals surface area contributed by atoms with Gasteiger partial charge in [0.15, 0.2) is 0 Å². The Labute approximate surface area is 411 Å². The average Bonchev–Trinajstić information content (AvgIpc) is 3.36. The summed E-state index contributed by atoms with van der Waals surface area (Å²) in [6.45, 7) is 7.36. The molecule has 1 N–H and O–H groups in total. The van der Waals surface area contributed by atoms with E-state index in [-0.39, 0.29) is 26.2 Å². The van der Waals surface area contributed by atoms with Gasteiger partial charge in [0, 0.05) is 32.7 Å². The van der Waals surface area contributed by atoms with Crippen LogP contribution in [0.2, 0.25) is 0 Å². The molecule has 70 heavy (non-hydrogen) atoms. The highest BCUT2D eigenvalue weighted by molar-refractivity contribution is 5.95. The minimum atomic E-state index is -0.592. The fourth-order valence-corrected chi connectivity index (χ4v) is 6.71. The van der Waals surface area contributed by atoms with Crippen molar-refractivity contribution in [3.63, 3.8) is 0 Å². The second-order valence-corrected chi connectivity index (χ2v) is 16.1. The first-order valence-corrected chi connectivity index (χ1v) is 24.9. The number of amides is 3. The molecule has 0 atom stereocenters. The van der Waals surface area contributed by atoms with E-state index in [0.29, 0.717) is 71.4 Å². The second kappa shape index (κ2) is 50.4. The lowest BCUT2D eigenvalue weighted by molar-refractivity contribution is -0.126. The van der Waals surface area contributed by atoms with Crippen molar-refractivity contribution in [2.75, 3.05) is 52.4 Å². The summed E-state index contributed by atoms with van der Waals surface area (Å²) in [5.74, 6) is -0.557. The summed E-state index contributed by atoms with van der Waals surface area (Å²) in [4.78, 5) is 132. The lowest BCUT2D eigenvalue weighted by Gasteiger charge is -2.20. The van der Waals surface area contributed by atoms with Crippen molar-refractivity contribution in [1.82, 2.24) is 23.9 Å². The number of isocyanates is 5. The van der Waals surface area contributed by atoms with E-state index in [4.69, 9.17) is 5.26 Å². The molecule has 0 unspecified atom stereocenters. The zero-order valence-corrected chi connectivity index (χ0v) is 41.7. The van der Waals surface area contributed by atoms with Crippen molar-refractivity contribution >= 4 is 42.3 Å². The Morgan fingerprint density at radius 1 is 0.500 bits per heavy atom. The highest BCUT2D eigenvalue weighted by Gasteiger charge is 2.20. The van der Waals surface area contributed by atoms with Crippen LogP contribution in [0.1, 0.15) is 168 Å². The number of carbonyl (C=O) groups excluding carboxylic acids is 7. The van der Waals surface area contributed by atoms with E-state index >= 15 is 0 Å². The number of aliphatic imine (C=N–C) groups is 5. The van der Waals surface area contributed by atoms with Gasteiger partial charge in [-0.05, 0) is 70.6 Å². The van der Waals surface area contributed by atoms with Crippen LogP contribution in [-0.2, 0) is 53.1 Å². The first-order chi connectivity index (χ1) is 34.2. The van der Waals surface area contributed by atoms with Crippen LogP contribution in [-0.4, -0.2) is 113 Å². The molecule has 0 aliphatic rings. The van der Waals surface area contributed by atoms with Crippen LogP contribution in [0.25, 0.3) is 0 Å². The van der Waals surface area contributed by atoms with Crippen LogP contribution < -0.4 is 22.4 Å². The van der Waals surface area contributed by atoms with Crippen molar-refractivity contribution < 1.29 is 38.3 Å². The smallest absolute Gasteiger partial charge is 0.336 e. The van der Waals surface area contributed by atoms with E-state index in [2.05, 4.69) is 48.9 Å². The number of nitrogens with zero attached hydrogens (tertiary/aromatic N) is 10. The fraction of sp³-hybridized carbons (Fsp3) is 0.771. The standard InChI is InChI=1S/C24H36N6O6.C18H27N5O5.C6H14/c25-19-36-18-12-6-5-11-17-30-23(34)28(15-9-3-1-7-13-26-20-31)22(33)29(24(30)35)16-10-4-2-8-14-27-21-32;24-14-19-9-5-1-2-7-11-22-18(28)23(17(27)13-21-16-26)12-8-4-3-6-10-20-15-25;1-3-5-6-4-2/h1-18H2;1-13H2,(H,22,28);3-6H2,1-2H3. The molecule has 3 amide bonds. The number of imide groups is 1. The molecule has 22 nitrogen and oxygen atoms in total. The fourth-order valence-electron chi connectivity index (χ4n) is 6.71. The molecule has 1 aromatic rings. The van der Waals surface area contributed by atoms with Crippen molar-refractivity contribution in [2.24, 2.45) is 25.0 Å². The highest BCUT2D eigenvalue weighted by Crippen LogP contribution is 2.06. The Morgan fingerprint density at radius 3 is 1.23 bits per heavy atom. The maximum absolute atomic E-state index is 13.0. The molecule has 0 bridgehead atoms. The largest absolute Gasteiger partial charge is 0.428 e. The number of rotatable bonds is 40. The third-order valence-electron chi connectivity index (χ3n) is 10.5. The number of nitriles is 1. The molecule has 390 valence electrons. The highest BCUT2D eigenvalue weighted by atomic mass is 16.5. The maximum atomic E-state index is 13.0. The lowest BCUT2D eigenvalue weighted by Crippen LogP contribution is -2.54. The van der Waals surface area contributed by atoms with Gasteiger partial charge in [-0.3, -0.25) is 9.69 Å². The van der Waals surface area contributed by atoms with Gasteiger partial charge in [0.2, 0.25) is 30.4 Å². The van der Waals surface area contributed by atoms with E-state index in [1.165, 1.54) is 56.1 Å². The van der Waals surface area contributed by atoms with Gasteiger partial charge in [0.05, 0.1) is 26.2 Å². The topological polar surface area (TPSA) is 296 Å². The zero-order valence-electron chi connectivity index (χ0n) is 41.7. The van der Waals surface area contributed by atoms with Gasteiger partial charge >= 0.3 is 23.1 Å². The number of hydrogen-bond acceptors (Lipinski definition) is 17. The summed E-state index contributed by atoms with van der Waals surface area (Å²) in [5.41, 5.74) is -1.77. The van der Waals surface area contributed by atoms with Gasteiger partial charge in [-0.2, -0.15) is 10.3 Å². The number of ether oxygens (including phenoxy) is 1. The van der Waals surface area contributed by atoms with Crippen LogP contribution in [0, 0.1) is 11.5 Å². The summed E-state index contributed by atoms with van der Waals surface area (Å²) in [6.07, 6.45) is 29.2. The number of carbonyl (C=O) groups is 2. The average molecular weight is 984 g/mol. The molecule has 0 spiro atoms. The van der Waals surface area contributed by atoms with Crippen LogP contribution in [0.5, 0.6) is 0 Å². The van der Waals surface area contributed by atoms with E-state index in [1.807, 2.05) is 0 Å². The van der Waals surface area contributed by atoms with Gasteiger partial charge < -0.3 is 10.1 Å². The summed E-state index contributed by atoms with van der Waals surface area (Å²) in [5, 5.41) is 11.1. The second-order valence-electron chi connectivity index (χ2n) is 16.1. The molecule has 0 radical (unpaired) electrons. The molecule has 0 aliphatic carbocycles. The Bertz CT molecular complexity index is 1960. The molecule has 0 fully saturated rings. The molecule has 0 saturated heterocycles. The summed E-state index contributed by atoms with van der Waals surface area (Å²) < 4.78 is 8.07. The zero-order chi connectivity index (χ0) is 52.1. The van der Waals surface area contributed by atoms with E-state index in [9.17, 15) is 47.9 Å². The van der Waals surface area contributed by atoms with E-state index in [0.717, 1.165) is 115 Å². The quantitative estimate of drug-likeness (QED) is 0.0330. The van der Waals surface area contributed by atoms with Crippen molar-refractivity contribution in [3.05, 3.63) is 31.5 Å². The minimum absolute atomic E-state index is 0.212.